The normalized spacial score (nSPS) is 10.9. The number of nitrogens with zero attached hydrogens (tertiary/aromatic N) is 3. The van der Waals surface area contributed by atoms with Crippen LogP contribution in [0.15, 0.2) is 12.1 Å². The second-order valence-electron chi connectivity index (χ2n) is 4.54. The third kappa shape index (κ3) is 4.30. The maximum atomic E-state index is 8.93. The molecule has 4 nitrogen and oxygen atoms in total. The van der Waals surface area contributed by atoms with Crippen LogP contribution in [0.3, 0.4) is 0 Å². The van der Waals surface area contributed by atoms with Gasteiger partial charge in [0.2, 0.25) is 0 Å². The fourth-order valence-electron chi connectivity index (χ4n) is 1.76. The molecule has 4 heteroatoms. The molecule has 0 aliphatic rings. The Morgan fingerprint density at radius 2 is 2.00 bits per heavy atom. The van der Waals surface area contributed by atoms with Gasteiger partial charge in [0.15, 0.2) is 5.82 Å². The third-order valence-corrected chi connectivity index (χ3v) is 2.79. The van der Waals surface area contributed by atoms with Crippen LogP contribution in [0.1, 0.15) is 45.7 Å². The SMILES string of the molecule is CCCCCN(c1ccc(CO)nn1)C(C)C. The van der Waals surface area contributed by atoms with E-state index >= 15 is 0 Å². The Morgan fingerprint density at radius 1 is 1.24 bits per heavy atom. The van der Waals surface area contributed by atoms with E-state index in [9.17, 15) is 0 Å². The first-order chi connectivity index (χ1) is 8.19. The van der Waals surface area contributed by atoms with Crippen LogP contribution in [0, 0.1) is 0 Å². The standard InChI is InChI=1S/C13H23N3O/c1-4-5-6-9-16(11(2)3)13-8-7-12(10-17)14-15-13/h7-8,11,17H,4-6,9-10H2,1-3H3. The first-order valence-corrected chi connectivity index (χ1v) is 6.39. The van der Waals surface area contributed by atoms with Gasteiger partial charge in [0.05, 0.1) is 12.3 Å². The molecule has 0 bridgehead atoms. The van der Waals surface area contributed by atoms with Crippen LogP contribution < -0.4 is 4.90 Å². The van der Waals surface area contributed by atoms with Crippen LogP contribution in [0.4, 0.5) is 5.82 Å². The molecule has 0 fully saturated rings. The van der Waals surface area contributed by atoms with Gasteiger partial charge in [-0.25, -0.2) is 0 Å². The molecule has 1 heterocycles. The number of unbranched alkanes of at least 4 members (excludes halogenated alkanes) is 2. The summed E-state index contributed by atoms with van der Waals surface area (Å²) in [7, 11) is 0. The van der Waals surface area contributed by atoms with Crippen molar-refractivity contribution in [1.29, 1.82) is 0 Å². The van der Waals surface area contributed by atoms with Crippen molar-refractivity contribution in [3.63, 3.8) is 0 Å². The van der Waals surface area contributed by atoms with E-state index in [0.29, 0.717) is 11.7 Å². The Bertz CT molecular complexity index is 311. The van der Waals surface area contributed by atoms with Gasteiger partial charge in [-0.3, -0.25) is 0 Å². The van der Waals surface area contributed by atoms with Crippen molar-refractivity contribution in [2.24, 2.45) is 0 Å². The maximum absolute atomic E-state index is 8.93. The average molecular weight is 237 g/mol. The lowest BCUT2D eigenvalue weighted by Gasteiger charge is -2.27. The molecule has 1 aromatic heterocycles. The van der Waals surface area contributed by atoms with Crippen LogP contribution in [0.2, 0.25) is 0 Å². The van der Waals surface area contributed by atoms with Crippen LogP contribution in [-0.2, 0) is 6.61 Å². The highest BCUT2D eigenvalue weighted by atomic mass is 16.3. The smallest absolute Gasteiger partial charge is 0.151 e. The van der Waals surface area contributed by atoms with E-state index in [-0.39, 0.29) is 6.61 Å². The predicted molar refractivity (Wildman–Crippen MR) is 70.0 cm³/mol. The summed E-state index contributed by atoms with van der Waals surface area (Å²) >= 11 is 0. The lowest BCUT2D eigenvalue weighted by atomic mass is 10.2. The topological polar surface area (TPSA) is 49.2 Å². The predicted octanol–water partition coefficient (Wildman–Crippen LogP) is 2.37. The van der Waals surface area contributed by atoms with Crippen LogP contribution >= 0.6 is 0 Å². The molecule has 0 aliphatic heterocycles. The minimum absolute atomic E-state index is 0.0508. The molecule has 0 aliphatic carbocycles. The highest BCUT2D eigenvalue weighted by Gasteiger charge is 2.11. The Morgan fingerprint density at radius 3 is 2.47 bits per heavy atom. The zero-order valence-corrected chi connectivity index (χ0v) is 11.1. The highest BCUT2D eigenvalue weighted by molar-refractivity contribution is 5.38. The van der Waals surface area contributed by atoms with Gasteiger partial charge < -0.3 is 10.0 Å². The summed E-state index contributed by atoms with van der Waals surface area (Å²) in [6.07, 6.45) is 3.64. The van der Waals surface area contributed by atoms with Crippen molar-refractivity contribution < 1.29 is 5.11 Å². The minimum atomic E-state index is -0.0508. The lowest BCUT2D eigenvalue weighted by molar-refractivity contribution is 0.275. The molecule has 1 rings (SSSR count). The summed E-state index contributed by atoms with van der Waals surface area (Å²) in [6, 6.07) is 4.18. The van der Waals surface area contributed by atoms with Crippen molar-refractivity contribution in [1.82, 2.24) is 10.2 Å². The summed E-state index contributed by atoms with van der Waals surface area (Å²) in [6.45, 7) is 7.49. The molecule has 96 valence electrons. The van der Waals surface area contributed by atoms with E-state index in [4.69, 9.17) is 5.11 Å². The number of aromatic nitrogens is 2. The van der Waals surface area contributed by atoms with Crippen molar-refractivity contribution in [2.45, 2.75) is 52.7 Å². The zero-order valence-electron chi connectivity index (χ0n) is 11.1. The van der Waals surface area contributed by atoms with Gasteiger partial charge in [0.1, 0.15) is 0 Å². The molecular formula is C13H23N3O. The van der Waals surface area contributed by atoms with Gasteiger partial charge in [-0.1, -0.05) is 19.8 Å². The molecule has 0 aromatic carbocycles. The van der Waals surface area contributed by atoms with Crippen LogP contribution in [0.25, 0.3) is 0 Å². The lowest BCUT2D eigenvalue weighted by Crippen LogP contribution is -2.32. The van der Waals surface area contributed by atoms with Crippen LogP contribution in [0.5, 0.6) is 0 Å². The number of hydrogen-bond donors (Lipinski definition) is 1. The van der Waals surface area contributed by atoms with E-state index < -0.39 is 0 Å². The largest absolute Gasteiger partial charge is 0.390 e. The van der Waals surface area contributed by atoms with Gasteiger partial charge in [0.25, 0.3) is 0 Å². The third-order valence-electron chi connectivity index (χ3n) is 2.79. The fraction of sp³-hybridized carbons (Fsp3) is 0.692. The molecule has 1 aromatic rings. The van der Waals surface area contributed by atoms with Gasteiger partial charge in [-0.15, -0.1) is 5.10 Å². The fourth-order valence-corrected chi connectivity index (χ4v) is 1.76. The number of aliphatic hydroxyl groups is 1. The number of aliphatic hydroxyl groups excluding tert-OH is 1. The molecule has 0 saturated heterocycles. The highest BCUT2D eigenvalue weighted by Crippen LogP contribution is 2.14. The van der Waals surface area contributed by atoms with E-state index in [1.807, 2.05) is 12.1 Å². The van der Waals surface area contributed by atoms with Crippen molar-refractivity contribution in [2.75, 3.05) is 11.4 Å². The molecular weight excluding hydrogens is 214 g/mol. The molecule has 0 radical (unpaired) electrons. The Labute approximate surface area is 104 Å². The second-order valence-corrected chi connectivity index (χ2v) is 4.54. The van der Waals surface area contributed by atoms with Gasteiger partial charge >= 0.3 is 0 Å². The Hall–Kier alpha value is -1.16. The first kappa shape index (κ1) is 13.9. The summed E-state index contributed by atoms with van der Waals surface area (Å²) in [5, 5.41) is 17.1. The van der Waals surface area contributed by atoms with Gasteiger partial charge in [-0.05, 0) is 32.4 Å². The van der Waals surface area contributed by atoms with Crippen molar-refractivity contribution >= 4 is 5.82 Å². The average Bonchev–Trinajstić information content (AvgIpc) is 2.34. The second kappa shape index (κ2) is 7.22. The Balaban J connectivity index is 2.68. The Kier molecular flexibility index (Phi) is 5.91. The number of hydrogen-bond acceptors (Lipinski definition) is 4. The number of rotatable bonds is 7. The molecule has 0 saturated carbocycles. The molecule has 0 unspecified atom stereocenters. The minimum Gasteiger partial charge on any atom is -0.390 e. The molecule has 0 spiro atoms. The van der Waals surface area contributed by atoms with Gasteiger partial charge in [-0.2, -0.15) is 5.10 Å². The monoisotopic (exact) mass is 237 g/mol. The summed E-state index contributed by atoms with van der Waals surface area (Å²) in [5.41, 5.74) is 0.617. The van der Waals surface area contributed by atoms with E-state index in [0.717, 1.165) is 12.4 Å². The van der Waals surface area contributed by atoms with Crippen molar-refractivity contribution in [3.8, 4) is 0 Å². The van der Waals surface area contributed by atoms with E-state index in [1.54, 1.807) is 0 Å². The van der Waals surface area contributed by atoms with Crippen molar-refractivity contribution in [3.05, 3.63) is 17.8 Å². The van der Waals surface area contributed by atoms with Gasteiger partial charge in [0, 0.05) is 12.6 Å². The summed E-state index contributed by atoms with van der Waals surface area (Å²) in [5.74, 6) is 0.897. The van der Waals surface area contributed by atoms with Crippen LogP contribution in [-0.4, -0.2) is 27.9 Å². The number of anilines is 1. The summed E-state index contributed by atoms with van der Waals surface area (Å²) in [4.78, 5) is 2.25. The molecule has 0 atom stereocenters. The zero-order chi connectivity index (χ0) is 12.7. The van der Waals surface area contributed by atoms with E-state index in [1.165, 1.54) is 19.3 Å². The summed E-state index contributed by atoms with van der Waals surface area (Å²) < 4.78 is 0. The molecule has 17 heavy (non-hydrogen) atoms. The van der Waals surface area contributed by atoms with E-state index in [2.05, 4.69) is 35.9 Å². The maximum Gasteiger partial charge on any atom is 0.151 e. The molecule has 1 N–H and O–H groups in total. The molecule has 0 amide bonds. The first-order valence-electron chi connectivity index (χ1n) is 6.39. The quantitative estimate of drug-likeness (QED) is 0.740.